The largest absolute Gasteiger partial charge is 0.375 e. The molecule has 0 saturated carbocycles. The zero-order chi connectivity index (χ0) is 12.1. The van der Waals surface area contributed by atoms with Crippen LogP contribution in [0.3, 0.4) is 0 Å². The van der Waals surface area contributed by atoms with Crippen molar-refractivity contribution < 1.29 is 9.31 Å². The maximum atomic E-state index is 12.9. The summed E-state index contributed by atoms with van der Waals surface area (Å²) in [7, 11) is 0. The fraction of sp³-hybridized carbons (Fsp3) is 0. The predicted octanol–water partition coefficient (Wildman–Crippen LogP) is 0.901. The van der Waals surface area contributed by atoms with Crippen LogP contribution in [0, 0.1) is 15.9 Å². The first kappa shape index (κ1) is 12.0. The third kappa shape index (κ3) is 3.24. The molecule has 0 atom stereocenters. The summed E-state index contributed by atoms with van der Waals surface area (Å²) in [5.41, 5.74) is 7.12. The third-order valence-electron chi connectivity index (χ3n) is 1.56. The third-order valence-corrected chi connectivity index (χ3v) is 1.65. The Morgan fingerprint density at radius 3 is 2.94 bits per heavy atom. The highest BCUT2D eigenvalue weighted by Crippen LogP contribution is 2.17. The van der Waals surface area contributed by atoms with Crippen molar-refractivity contribution in [2.75, 3.05) is 0 Å². The van der Waals surface area contributed by atoms with Gasteiger partial charge in [-0.15, -0.1) is 0 Å². The van der Waals surface area contributed by atoms with Gasteiger partial charge >= 0.3 is 5.69 Å². The fourth-order valence-corrected chi connectivity index (χ4v) is 0.973. The lowest BCUT2D eigenvalue weighted by Gasteiger charge is -1.96. The van der Waals surface area contributed by atoms with Gasteiger partial charge in [0.05, 0.1) is 11.1 Å². The van der Waals surface area contributed by atoms with Crippen LogP contribution in [-0.2, 0) is 0 Å². The van der Waals surface area contributed by atoms with Gasteiger partial charge in [0.15, 0.2) is 5.11 Å². The van der Waals surface area contributed by atoms with E-state index in [1.807, 2.05) is 0 Å². The van der Waals surface area contributed by atoms with E-state index in [4.69, 9.17) is 5.73 Å². The van der Waals surface area contributed by atoms with Crippen LogP contribution in [0.5, 0.6) is 0 Å². The van der Waals surface area contributed by atoms with Crippen molar-refractivity contribution in [2.45, 2.75) is 0 Å². The summed E-state index contributed by atoms with van der Waals surface area (Å²) in [6, 6.07) is 3.38. The summed E-state index contributed by atoms with van der Waals surface area (Å²) in [5, 5.41) is 14.0. The van der Waals surface area contributed by atoms with E-state index in [9.17, 15) is 14.5 Å². The van der Waals surface area contributed by atoms with Crippen LogP contribution in [-0.4, -0.2) is 16.3 Å². The van der Waals surface area contributed by atoms with Crippen molar-refractivity contribution >= 4 is 29.2 Å². The number of thiocarbonyl (C=S) groups is 1. The van der Waals surface area contributed by atoms with E-state index in [2.05, 4.69) is 22.7 Å². The molecule has 1 aromatic rings. The molecule has 0 heterocycles. The summed E-state index contributed by atoms with van der Waals surface area (Å²) >= 11 is 4.48. The van der Waals surface area contributed by atoms with Gasteiger partial charge in [-0.2, -0.15) is 9.49 Å². The standard InChI is InChI=1S/C8H7FN4O2S/c9-6-2-1-5(3-7(6)13(14)15)4-11-12-8(10)16/h1-4H,(H3,10,12,16). The SMILES string of the molecule is NC(=S)NN=Cc1ccc(F)c([N+](=O)[O-])c1. The van der Waals surface area contributed by atoms with Gasteiger partial charge in [-0.05, 0) is 24.4 Å². The highest BCUT2D eigenvalue weighted by Gasteiger charge is 2.13. The number of hydrogen-bond donors (Lipinski definition) is 2. The van der Waals surface area contributed by atoms with Crippen molar-refractivity contribution in [3.8, 4) is 0 Å². The molecule has 3 N–H and O–H groups in total. The summed E-state index contributed by atoms with van der Waals surface area (Å²) in [6.45, 7) is 0. The number of hydrogen-bond acceptors (Lipinski definition) is 4. The second kappa shape index (κ2) is 5.12. The minimum Gasteiger partial charge on any atom is -0.375 e. The van der Waals surface area contributed by atoms with Crippen molar-refractivity contribution in [1.82, 2.24) is 5.43 Å². The van der Waals surface area contributed by atoms with Crippen LogP contribution in [0.4, 0.5) is 10.1 Å². The van der Waals surface area contributed by atoms with E-state index in [-0.39, 0.29) is 5.11 Å². The molecule has 16 heavy (non-hydrogen) atoms. The van der Waals surface area contributed by atoms with Gasteiger partial charge in [0.25, 0.3) is 0 Å². The lowest BCUT2D eigenvalue weighted by molar-refractivity contribution is -0.387. The van der Waals surface area contributed by atoms with Crippen molar-refractivity contribution in [1.29, 1.82) is 0 Å². The average molecular weight is 242 g/mol. The zero-order valence-electron chi connectivity index (χ0n) is 7.88. The topological polar surface area (TPSA) is 93.5 Å². The van der Waals surface area contributed by atoms with Gasteiger partial charge in [0.2, 0.25) is 5.82 Å². The van der Waals surface area contributed by atoms with E-state index >= 15 is 0 Å². The molecule has 0 unspecified atom stereocenters. The van der Waals surface area contributed by atoms with Crippen LogP contribution in [0.1, 0.15) is 5.56 Å². The maximum absolute atomic E-state index is 12.9. The second-order valence-corrected chi connectivity index (χ2v) is 3.14. The van der Waals surface area contributed by atoms with Gasteiger partial charge in [-0.25, -0.2) is 0 Å². The second-order valence-electron chi connectivity index (χ2n) is 2.70. The molecule has 0 saturated heterocycles. The normalized spacial score (nSPS) is 10.3. The summed E-state index contributed by atoms with van der Waals surface area (Å²) < 4.78 is 12.9. The molecule has 0 bridgehead atoms. The van der Waals surface area contributed by atoms with Gasteiger partial charge in [0.1, 0.15) is 0 Å². The summed E-state index contributed by atoms with van der Waals surface area (Å²) in [6.07, 6.45) is 1.24. The summed E-state index contributed by atoms with van der Waals surface area (Å²) in [4.78, 5) is 9.61. The average Bonchev–Trinajstić information content (AvgIpc) is 2.19. The number of nitrogens with zero attached hydrogens (tertiary/aromatic N) is 2. The molecule has 0 aliphatic carbocycles. The highest BCUT2D eigenvalue weighted by molar-refractivity contribution is 7.80. The minimum absolute atomic E-state index is 0.0344. The van der Waals surface area contributed by atoms with Crippen LogP contribution in [0.15, 0.2) is 23.3 Å². The van der Waals surface area contributed by atoms with Gasteiger partial charge < -0.3 is 5.73 Å². The zero-order valence-corrected chi connectivity index (χ0v) is 8.70. The number of rotatable bonds is 3. The number of halogens is 1. The van der Waals surface area contributed by atoms with Crippen LogP contribution < -0.4 is 11.2 Å². The molecule has 1 aromatic carbocycles. The van der Waals surface area contributed by atoms with Crippen LogP contribution >= 0.6 is 12.2 Å². The fourth-order valence-electron chi connectivity index (χ4n) is 0.920. The number of hydrazone groups is 1. The molecule has 84 valence electrons. The molecule has 0 spiro atoms. The molecule has 0 aliphatic rings. The molecule has 0 radical (unpaired) electrons. The molecule has 0 fully saturated rings. The number of nitrogens with two attached hydrogens (primary N) is 1. The first-order valence-electron chi connectivity index (χ1n) is 4.03. The van der Waals surface area contributed by atoms with Crippen molar-refractivity contribution in [2.24, 2.45) is 10.8 Å². The maximum Gasteiger partial charge on any atom is 0.305 e. The number of nitro benzene ring substituents is 1. The first-order chi connectivity index (χ1) is 7.50. The Bertz CT molecular complexity index is 463. The lowest BCUT2D eigenvalue weighted by atomic mass is 10.2. The molecular weight excluding hydrogens is 235 g/mol. The molecule has 6 nitrogen and oxygen atoms in total. The Hall–Kier alpha value is -2.09. The quantitative estimate of drug-likeness (QED) is 0.355. The minimum atomic E-state index is -0.899. The van der Waals surface area contributed by atoms with E-state index in [0.29, 0.717) is 5.56 Å². The van der Waals surface area contributed by atoms with E-state index < -0.39 is 16.4 Å². The lowest BCUT2D eigenvalue weighted by Crippen LogP contribution is -2.23. The molecule has 1 rings (SSSR count). The van der Waals surface area contributed by atoms with E-state index in [1.54, 1.807) is 0 Å². The van der Waals surface area contributed by atoms with Gasteiger partial charge in [-0.3, -0.25) is 15.5 Å². The van der Waals surface area contributed by atoms with Crippen molar-refractivity contribution in [3.63, 3.8) is 0 Å². The molecule has 0 aromatic heterocycles. The first-order valence-corrected chi connectivity index (χ1v) is 4.44. The van der Waals surface area contributed by atoms with Crippen molar-refractivity contribution in [3.05, 3.63) is 39.7 Å². The Morgan fingerprint density at radius 2 is 2.38 bits per heavy atom. The Labute approximate surface area is 95.1 Å². The highest BCUT2D eigenvalue weighted by atomic mass is 32.1. The summed E-state index contributed by atoms with van der Waals surface area (Å²) in [5.74, 6) is -0.899. The Kier molecular flexibility index (Phi) is 3.84. The van der Waals surface area contributed by atoms with Gasteiger partial charge in [-0.1, -0.05) is 0 Å². The number of nitrogens with one attached hydrogen (secondary N) is 1. The monoisotopic (exact) mass is 242 g/mol. The molecule has 8 heteroatoms. The Balaban J connectivity index is 2.91. The number of benzene rings is 1. The van der Waals surface area contributed by atoms with Crippen LogP contribution in [0.2, 0.25) is 0 Å². The molecule has 0 amide bonds. The van der Waals surface area contributed by atoms with Gasteiger partial charge in [0, 0.05) is 11.6 Å². The number of nitro groups is 1. The smallest absolute Gasteiger partial charge is 0.305 e. The molecular formula is C8H7FN4O2S. The Morgan fingerprint density at radius 1 is 1.69 bits per heavy atom. The van der Waals surface area contributed by atoms with E-state index in [1.165, 1.54) is 12.3 Å². The van der Waals surface area contributed by atoms with E-state index in [0.717, 1.165) is 12.1 Å². The predicted molar refractivity (Wildman–Crippen MR) is 60.6 cm³/mol. The molecule has 0 aliphatic heterocycles. The van der Waals surface area contributed by atoms with Crippen LogP contribution in [0.25, 0.3) is 0 Å².